The molecule has 1 aromatic heterocycles. The van der Waals surface area contributed by atoms with Gasteiger partial charge < -0.3 is 14.4 Å². The molecule has 5 nitrogen and oxygen atoms in total. The number of hydrogen-bond acceptors (Lipinski definition) is 4. The number of rotatable bonds is 4. The first-order valence-corrected chi connectivity index (χ1v) is 8.29. The maximum atomic E-state index is 14.2. The van der Waals surface area contributed by atoms with E-state index < -0.39 is 5.67 Å². The van der Waals surface area contributed by atoms with Crippen molar-refractivity contribution in [2.24, 2.45) is 0 Å². The van der Waals surface area contributed by atoms with Crippen molar-refractivity contribution in [3.05, 3.63) is 30.1 Å². The van der Waals surface area contributed by atoms with Gasteiger partial charge in [-0.05, 0) is 43.4 Å². The molecule has 23 heavy (non-hydrogen) atoms. The number of nitrogens with zero attached hydrogens (tertiary/aromatic N) is 2. The molecule has 0 N–H and O–H groups in total. The summed E-state index contributed by atoms with van der Waals surface area (Å²) in [6.45, 7) is 1.37. The van der Waals surface area contributed by atoms with Gasteiger partial charge in [0.1, 0.15) is 6.10 Å². The fourth-order valence-corrected chi connectivity index (χ4v) is 3.61. The summed E-state index contributed by atoms with van der Waals surface area (Å²) in [5.74, 6) is -0.369. The minimum Gasteiger partial charge on any atom is -0.374 e. The predicted molar refractivity (Wildman–Crippen MR) is 80.4 cm³/mol. The zero-order chi connectivity index (χ0) is 15.9. The lowest BCUT2D eigenvalue weighted by Gasteiger charge is -2.32. The highest BCUT2D eigenvalue weighted by molar-refractivity contribution is 5.88. The molecule has 124 valence electrons. The number of alkyl halides is 1. The molecule has 1 aromatic rings. The number of carbonyl (C=O) groups is 1. The molecule has 1 amide bonds. The number of fused-ring (bicyclic) bond motifs is 2. The molecule has 2 aliphatic carbocycles. The second-order valence-electron chi connectivity index (χ2n) is 6.65. The highest BCUT2D eigenvalue weighted by atomic mass is 19.1. The summed E-state index contributed by atoms with van der Waals surface area (Å²) in [6, 6.07) is 3.73. The Morgan fingerprint density at radius 2 is 2.17 bits per heavy atom. The topological polar surface area (TPSA) is 51.7 Å². The zero-order valence-corrected chi connectivity index (χ0v) is 13.0. The van der Waals surface area contributed by atoms with E-state index in [9.17, 15) is 9.18 Å². The number of amides is 1. The van der Waals surface area contributed by atoms with Crippen molar-refractivity contribution >= 4 is 5.91 Å². The summed E-state index contributed by atoms with van der Waals surface area (Å²) in [6.07, 6.45) is 5.64. The predicted octanol–water partition coefficient (Wildman–Crippen LogP) is 1.86. The molecule has 2 bridgehead atoms. The van der Waals surface area contributed by atoms with Crippen LogP contribution in [0.2, 0.25) is 0 Å². The molecule has 2 saturated carbocycles. The molecule has 3 aliphatic rings. The van der Waals surface area contributed by atoms with Crippen molar-refractivity contribution in [2.75, 3.05) is 13.2 Å². The molecule has 1 aliphatic heterocycles. The van der Waals surface area contributed by atoms with Crippen LogP contribution in [0.3, 0.4) is 0 Å². The van der Waals surface area contributed by atoms with Crippen molar-refractivity contribution in [3.8, 4) is 0 Å². The van der Waals surface area contributed by atoms with Gasteiger partial charge in [-0.3, -0.25) is 9.78 Å². The largest absolute Gasteiger partial charge is 0.374 e. The van der Waals surface area contributed by atoms with Crippen LogP contribution in [0.15, 0.2) is 24.5 Å². The normalized spacial score (nSPS) is 31.7. The average Bonchev–Trinajstić information content (AvgIpc) is 3.22. The first-order valence-electron chi connectivity index (χ1n) is 8.29. The summed E-state index contributed by atoms with van der Waals surface area (Å²) >= 11 is 0. The molecule has 0 aromatic carbocycles. The fraction of sp³-hybridized carbons (Fsp3) is 0.647. The van der Waals surface area contributed by atoms with Crippen LogP contribution in [0.4, 0.5) is 4.39 Å². The third kappa shape index (κ3) is 2.85. The summed E-state index contributed by atoms with van der Waals surface area (Å²) in [7, 11) is 0. The lowest BCUT2D eigenvalue weighted by Crippen LogP contribution is -2.49. The van der Waals surface area contributed by atoms with Crippen molar-refractivity contribution in [1.82, 2.24) is 9.88 Å². The van der Waals surface area contributed by atoms with E-state index in [1.165, 1.54) is 0 Å². The molecule has 0 spiro atoms. The van der Waals surface area contributed by atoms with Crippen LogP contribution in [0.1, 0.15) is 31.2 Å². The zero-order valence-electron chi connectivity index (χ0n) is 13.0. The molecular weight excluding hydrogens is 299 g/mol. The summed E-state index contributed by atoms with van der Waals surface area (Å²) in [5, 5.41) is 0. The Balaban J connectivity index is 1.48. The lowest BCUT2D eigenvalue weighted by atomic mass is 10.1. The van der Waals surface area contributed by atoms with Crippen molar-refractivity contribution in [2.45, 2.75) is 56.2 Å². The van der Waals surface area contributed by atoms with Crippen LogP contribution in [0.5, 0.6) is 0 Å². The third-order valence-electron chi connectivity index (χ3n) is 5.08. The standard InChI is InChI=1S/C17H21FN2O3/c18-17(5-6-17)16(21)20-9-10-22-14-2-1-13(20)15(14)23-11-12-3-7-19-8-4-12/h3-4,7-8,13-15H,1-2,5-6,9-11H2/t13-,14-,15+/m0/s1. The van der Waals surface area contributed by atoms with E-state index in [0.29, 0.717) is 32.6 Å². The van der Waals surface area contributed by atoms with E-state index in [4.69, 9.17) is 9.47 Å². The van der Waals surface area contributed by atoms with Gasteiger partial charge in [-0.2, -0.15) is 0 Å². The third-order valence-corrected chi connectivity index (χ3v) is 5.08. The van der Waals surface area contributed by atoms with Crippen LogP contribution >= 0.6 is 0 Å². The number of ether oxygens (including phenoxy) is 2. The van der Waals surface area contributed by atoms with E-state index in [0.717, 1.165) is 18.4 Å². The van der Waals surface area contributed by atoms with Gasteiger partial charge >= 0.3 is 0 Å². The second kappa shape index (κ2) is 5.83. The Bertz CT molecular complexity index is 578. The lowest BCUT2D eigenvalue weighted by molar-refractivity contribution is -0.143. The smallest absolute Gasteiger partial charge is 0.260 e. The minimum atomic E-state index is -1.63. The Morgan fingerprint density at radius 1 is 1.39 bits per heavy atom. The van der Waals surface area contributed by atoms with E-state index in [2.05, 4.69) is 4.98 Å². The van der Waals surface area contributed by atoms with Crippen LogP contribution in [-0.4, -0.2) is 52.9 Å². The molecule has 4 rings (SSSR count). The van der Waals surface area contributed by atoms with Gasteiger partial charge in [-0.15, -0.1) is 0 Å². The average molecular weight is 320 g/mol. The van der Waals surface area contributed by atoms with Crippen LogP contribution in [-0.2, 0) is 20.9 Å². The number of aromatic nitrogens is 1. The van der Waals surface area contributed by atoms with Crippen LogP contribution in [0, 0.1) is 0 Å². The highest BCUT2D eigenvalue weighted by Gasteiger charge is 2.56. The van der Waals surface area contributed by atoms with E-state index >= 15 is 0 Å². The van der Waals surface area contributed by atoms with Gasteiger partial charge in [0.15, 0.2) is 5.67 Å². The number of carbonyl (C=O) groups excluding carboxylic acids is 1. The first kappa shape index (κ1) is 15.0. The molecule has 1 saturated heterocycles. The van der Waals surface area contributed by atoms with E-state index in [1.807, 2.05) is 12.1 Å². The molecular formula is C17H21FN2O3. The van der Waals surface area contributed by atoms with Gasteiger partial charge in [0.25, 0.3) is 5.91 Å². The van der Waals surface area contributed by atoms with Gasteiger partial charge in [0.2, 0.25) is 0 Å². The Hall–Kier alpha value is -1.53. The van der Waals surface area contributed by atoms with Gasteiger partial charge in [0.05, 0.1) is 25.4 Å². The Morgan fingerprint density at radius 3 is 2.91 bits per heavy atom. The fourth-order valence-electron chi connectivity index (χ4n) is 3.61. The SMILES string of the molecule is O=C(N1CCO[C@H]2CC[C@H]1[C@H]2OCc1ccncc1)C1(F)CC1. The van der Waals surface area contributed by atoms with Crippen molar-refractivity contribution in [1.29, 1.82) is 0 Å². The minimum absolute atomic E-state index is 0.00518. The maximum Gasteiger partial charge on any atom is 0.260 e. The van der Waals surface area contributed by atoms with E-state index in [-0.39, 0.29) is 24.2 Å². The molecule has 3 atom stereocenters. The molecule has 0 unspecified atom stereocenters. The monoisotopic (exact) mass is 320 g/mol. The molecule has 6 heteroatoms. The number of halogens is 1. The van der Waals surface area contributed by atoms with Crippen molar-refractivity contribution in [3.63, 3.8) is 0 Å². The Labute approximate surface area is 134 Å². The summed E-state index contributed by atoms with van der Waals surface area (Å²) < 4.78 is 26.2. The second-order valence-corrected chi connectivity index (χ2v) is 6.65. The highest BCUT2D eigenvalue weighted by Crippen LogP contribution is 2.43. The van der Waals surface area contributed by atoms with Crippen LogP contribution < -0.4 is 0 Å². The summed E-state index contributed by atoms with van der Waals surface area (Å²) in [4.78, 5) is 18.1. The van der Waals surface area contributed by atoms with E-state index in [1.54, 1.807) is 17.3 Å². The van der Waals surface area contributed by atoms with Gasteiger partial charge in [-0.1, -0.05) is 0 Å². The van der Waals surface area contributed by atoms with Gasteiger partial charge in [-0.25, -0.2) is 4.39 Å². The number of pyridine rings is 1. The Kier molecular flexibility index (Phi) is 3.81. The first-order chi connectivity index (χ1) is 11.2. The van der Waals surface area contributed by atoms with Gasteiger partial charge in [0, 0.05) is 18.9 Å². The van der Waals surface area contributed by atoms with Crippen molar-refractivity contribution < 1.29 is 18.7 Å². The quantitative estimate of drug-likeness (QED) is 0.850. The maximum absolute atomic E-state index is 14.2. The number of hydrogen-bond donors (Lipinski definition) is 0. The van der Waals surface area contributed by atoms with Crippen LogP contribution in [0.25, 0.3) is 0 Å². The molecule has 3 fully saturated rings. The molecule has 0 radical (unpaired) electrons. The summed E-state index contributed by atoms with van der Waals surface area (Å²) in [5.41, 5.74) is -0.594. The molecule has 2 heterocycles.